The minimum Gasteiger partial charge on any atom is -0.497 e. The van der Waals surface area contributed by atoms with Gasteiger partial charge < -0.3 is 14.4 Å². The highest BCUT2D eigenvalue weighted by atomic mass is 16.5. The summed E-state index contributed by atoms with van der Waals surface area (Å²) in [5.41, 5.74) is 1.47. The van der Waals surface area contributed by atoms with E-state index >= 15 is 0 Å². The number of hydrogen-bond acceptors (Lipinski definition) is 4. The van der Waals surface area contributed by atoms with Crippen molar-refractivity contribution in [1.82, 2.24) is 9.88 Å². The molecule has 120 valence electrons. The Morgan fingerprint density at radius 3 is 2.83 bits per heavy atom. The summed E-state index contributed by atoms with van der Waals surface area (Å²) in [7, 11) is 1.58. The average Bonchev–Trinajstić information content (AvgIpc) is 2.62. The molecule has 1 aliphatic heterocycles. The maximum atomic E-state index is 12.8. The van der Waals surface area contributed by atoms with Gasteiger partial charge in [-0.25, -0.2) is 0 Å². The molecule has 0 saturated carbocycles. The molecule has 1 aromatic heterocycles. The molecule has 2 aromatic rings. The van der Waals surface area contributed by atoms with Crippen molar-refractivity contribution in [3.8, 4) is 5.75 Å². The van der Waals surface area contributed by atoms with Gasteiger partial charge in [0.25, 0.3) is 5.91 Å². The zero-order chi connectivity index (χ0) is 16.2. The van der Waals surface area contributed by atoms with Crippen molar-refractivity contribution >= 4 is 5.91 Å². The van der Waals surface area contributed by atoms with E-state index in [1.165, 1.54) is 0 Å². The first-order chi connectivity index (χ1) is 11.2. The summed E-state index contributed by atoms with van der Waals surface area (Å²) in [5, 5.41) is 0. The average molecular weight is 312 g/mol. The lowest BCUT2D eigenvalue weighted by molar-refractivity contribution is -0.0488. The van der Waals surface area contributed by atoms with E-state index in [0.717, 1.165) is 5.56 Å². The minimum atomic E-state index is -0.109. The van der Waals surface area contributed by atoms with Gasteiger partial charge in [-0.1, -0.05) is 30.3 Å². The maximum absolute atomic E-state index is 12.8. The molecule has 1 fully saturated rings. The van der Waals surface area contributed by atoms with Gasteiger partial charge in [0.15, 0.2) is 0 Å². The van der Waals surface area contributed by atoms with E-state index in [1.807, 2.05) is 42.2 Å². The minimum absolute atomic E-state index is 0.00969. The van der Waals surface area contributed by atoms with Crippen molar-refractivity contribution in [3.63, 3.8) is 0 Å². The Labute approximate surface area is 135 Å². The van der Waals surface area contributed by atoms with E-state index in [9.17, 15) is 4.79 Å². The largest absolute Gasteiger partial charge is 0.497 e. The summed E-state index contributed by atoms with van der Waals surface area (Å²) in [6.45, 7) is 3.01. The number of amides is 1. The lowest BCUT2D eigenvalue weighted by Crippen LogP contribution is -2.48. The zero-order valence-electron chi connectivity index (χ0n) is 13.3. The monoisotopic (exact) mass is 312 g/mol. The van der Waals surface area contributed by atoms with E-state index in [4.69, 9.17) is 9.47 Å². The summed E-state index contributed by atoms with van der Waals surface area (Å²) in [4.78, 5) is 18.8. The van der Waals surface area contributed by atoms with Crippen molar-refractivity contribution in [1.29, 1.82) is 0 Å². The van der Waals surface area contributed by atoms with Gasteiger partial charge in [0, 0.05) is 12.3 Å². The number of ether oxygens (including phenoxy) is 2. The van der Waals surface area contributed by atoms with Gasteiger partial charge in [0.05, 0.1) is 26.3 Å². The smallest absolute Gasteiger partial charge is 0.273 e. The highest BCUT2D eigenvalue weighted by Gasteiger charge is 2.31. The molecule has 1 aliphatic rings. The van der Waals surface area contributed by atoms with Crippen LogP contribution in [0.1, 0.15) is 29.1 Å². The van der Waals surface area contributed by atoms with Gasteiger partial charge in [-0.3, -0.25) is 9.78 Å². The second-order valence-corrected chi connectivity index (χ2v) is 5.62. The molecule has 5 nitrogen and oxygen atoms in total. The molecular formula is C18H20N2O3. The van der Waals surface area contributed by atoms with Crippen LogP contribution in [0.25, 0.3) is 0 Å². The van der Waals surface area contributed by atoms with Crippen molar-refractivity contribution < 1.29 is 14.3 Å². The SMILES string of the molecule is COc1ccnc(C(=O)N2C[C@@H](c3ccccc3)OC[C@H]2C)c1. The lowest BCUT2D eigenvalue weighted by Gasteiger charge is -2.38. The third-order valence-corrected chi connectivity index (χ3v) is 4.05. The molecule has 0 unspecified atom stereocenters. The van der Waals surface area contributed by atoms with E-state index in [2.05, 4.69) is 4.98 Å². The van der Waals surface area contributed by atoms with Crippen LogP contribution in [-0.4, -0.2) is 42.1 Å². The van der Waals surface area contributed by atoms with Crippen molar-refractivity contribution in [3.05, 3.63) is 59.9 Å². The summed E-state index contributed by atoms with van der Waals surface area (Å²) >= 11 is 0. The van der Waals surface area contributed by atoms with Crippen LogP contribution < -0.4 is 4.74 Å². The number of aromatic nitrogens is 1. The molecular weight excluding hydrogens is 292 g/mol. The summed E-state index contributed by atoms with van der Waals surface area (Å²) < 4.78 is 11.1. The summed E-state index contributed by atoms with van der Waals surface area (Å²) in [5.74, 6) is 0.532. The quantitative estimate of drug-likeness (QED) is 0.874. The Hall–Kier alpha value is -2.40. The van der Waals surface area contributed by atoms with Gasteiger partial charge in [-0.15, -0.1) is 0 Å². The van der Waals surface area contributed by atoms with E-state index in [0.29, 0.717) is 24.6 Å². The van der Waals surface area contributed by atoms with Gasteiger partial charge >= 0.3 is 0 Å². The fourth-order valence-corrected chi connectivity index (χ4v) is 2.71. The zero-order valence-corrected chi connectivity index (χ0v) is 13.3. The number of rotatable bonds is 3. The first-order valence-corrected chi connectivity index (χ1v) is 7.66. The van der Waals surface area contributed by atoms with Crippen LogP contribution in [-0.2, 0) is 4.74 Å². The highest BCUT2D eigenvalue weighted by Crippen LogP contribution is 2.26. The number of hydrogen-bond donors (Lipinski definition) is 0. The van der Waals surface area contributed by atoms with Crippen LogP contribution in [0, 0.1) is 0 Å². The van der Waals surface area contributed by atoms with Gasteiger partial charge in [0.1, 0.15) is 17.5 Å². The number of methoxy groups -OCH3 is 1. The first-order valence-electron chi connectivity index (χ1n) is 7.66. The van der Waals surface area contributed by atoms with Crippen LogP contribution >= 0.6 is 0 Å². The van der Waals surface area contributed by atoms with Crippen molar-refractivity contribution in [2.45, 2.75) is 19.1 Å². The molecule has 3 rings (SSSR count). The number of pyridine rings is 1. The number of benzene rings is 1. The molecule has 23 heavy (non-hydrogen) atoms. The normalized spacial score (nSPS) is 21.0. The van der Waals surface area contributed by atoms with Crippen LogP contribution in [0.5, 0.6) is 5.75 Å². The second-order valence-electron chi connectivity index (χ2n) is 5.62. The molecule has 5 heteroatoms. The van der Waals surface area contributed by atoms with E-state index < -0.39 is 0 Å². The molecule has 0 spiro atoms. The van der Waals surface area contributed by atoms with Crippen LogP contribution in [0.4, 0.5) is 0 Å². The topological polar surface area (TPSA) is 51.7 Å². The Kier molecular flexibility index (Phi) is 4.57. The fourth-order valence-electron chi connectivity index (χ4n) is 2.71. The Morgan fingerprint density at radius 2 is 2.09 bits per heavy atom. The van der Waals surface area contributed by atoms with Crippen LogP contribution in [0.2, 0.25) is 0 Å². The van der Waals surface area contributed by atoms with Gasteiger partial charge in [0.2, 0.25) is 0 Å². The molecule has 0 radical (unpaired) electrons. The molecule has 0 bridgehead atoms. The van der Waals surface area contributed by atoms with Gasteiger partial charge in [-0.2, -0.15) is 0 Å². The summed E-state index contributed by atoms with van der Waals surface area (Å²) in [6, 6.07) is 13.4. The third-order valence-electron chi connectivity index (χ3n) is 4.05. The predicted molar refractivity (Wildman–Crippen MR) is 86.4 cm³/mol. The van der Waals surface area contributed by atoms with Crippen molar-refractivity contribution in [2.75, 3.05) is 20.3 Å². The van der Waals surface area contributed by atoms with Crippen LogP contribution in [0.15, 0.2) is 48.7 Å². The molecule has 0 N–H and O–H groups in total. The molecule has 2 heterocycles. The van der Waals surface area contributed by atoms with E-state index in [-0.39, 0.29) is 18.1 Å². The second kappa shape index (κ2) is 6.79. The number of carbonyl (C=O) groups is 1. The maximum Gasteiger partial charge on any atom is 0.273 e. The molecule has 1 saturated heterocycles. The predicted octanol–water partition coefficient (Wildman–Crippen LogP) is 2.69. The Balaban J connectivity index is 1.80. The highest BCUT2D eigenvalue weighted by molar-refractivity contribution is 5.93. The standard InChI is InChI=1S/C18H20N2O3/c1-13-12-23-17(14-6-4-3-5-7-14)11-20(13)18(21)16-10-15(22-2)8-9-19-16/h3-10,13,17H,11-12H2,1-2H3/t13-,17+/m1/s1. The van der Waals surface area contributed by atoms with Gasteiger partial charge in [-0.05, 0) is 18.6 Å². The lowest BCUT2D eigenvalue weighted by atomic mass is 10.1. The molecule has 2 atom stereocenters. The van der Waals surface area contributed by atoms with E-state index in [1.54, 1.807) is 25.4 Å². The van der Waals surface area contributed by atoms with Crippen molar-refractivity contribution in [2.24, 2.45) is 0 Å². The number of nitrogens with zero attached hydrogens (tertiary/aromatic N) is 2. The first kappa shape index (κ1) is 15.5. The third kappa shape index (κ3) is 3.35. The molecule has 1 amide bonds. The molecule has 0 aliphatic carbocycles. The number of carbonyl (C=O) groups excluding carboxylic acids is 1. The summed E-state index contributed by atoms with van der Waals surface area (Å²) in [6.07, 6.45) is 1.48. The van der Waals surface area contributed by atoms with Crippen LogP contribution in [0.3, 0.4) is 0 Å². The fraction of sp³-hybridized carbons (Fsp3) is 0.333. The number of morpholine rings is 1. The Bertz CT molecular complexity index is 675. The molecule has 1 aromatic carbocycles. The Morgan fingerprint density at radius 1 is 1.30 bits per heavy atom.